The molecule has 0 aliphatic rings. The Bertz CT molecular complexity index is 432. The fraction of sp³-hybridized carbons (Fsp3) is 0.200. The molecule has 0 aromatic carbocycles. The molecule has 0 aliphatic carbocycles. The van der Waals surface area contributed by atoms with Gasteiger partial charge in [-0.15, -0.1) is 6.42 Å². The Morgan fingerprint density at radius 2 is 2.43 bits per heavy atom. The molecule has 0 saturated heterocycles. The number of terminal acetylenes is 1. The Morgan fingerprint density at radius 3 is 2.93 bits per heavy atom. The van der Waals surface area contributed by atoms with Crippen molar-refractivity contribution >= 4 is 5.97 Å². The number of esters is 1. The van der Waals surface area contributed by atoms with Crippen molar-refractivity contribution in [2.45, 2.75) is 6.54 Å². The van der Waals surface area contributed by atoms with Gasteiger partial charge in [-0.3, -0.25) is 0 Å². The number of aromatic nitrogens is 1. The van der Waals surface area contributed by atoms with Crippen LogP contribution in [0.15, 0.2) is 12.4 Å². The molecule has 0 N–H and O–H groups in total. The Morgan fingerprint density at radius 1 is 1.71 bits per heavy atom. The first kappa shape index (κ1) is 9.88. The largest absolute Gasteiger partial charge is 0.465 e. The van der Waals surface area contributed by atoms with Crippen LogP contribution in [0.1, 0.15) is 15.9 Å². The van der Waals surface area contributed by atoms with Crippen molar-refractivity contribution in [1.82, 2.24) is 4.57 Å². The monoisotopic (exact) mass is 188 g/mol. The van der Waals surface area contributed by atoms with Gasteiger partial charge >= 0.3 is 5.97 Å². The zero-order valence-corrected chi connectivity index (χ0v) is 7.65. The van der Waals surface area contributed by atoms with Gasteiger partial charge in [0.25, 0.3) is 0 Å². The van der Waals surface area contributed by atoms with E-state index >= 15 is 0 Å². The van der Waals surface area contributed by atoms with E-state index in [2.05, 4.69) is 10.7 Å². The number of nitrogens with zero attached hydrogens (tertiary/aromatic N) is 2. The summed E-state index contributed by atoms with van der Waals surface area (Å²) in [5.41, 5.74) is 0.511. The third kappa shape index (κ3) is 1.75. The average molecular weight is 188 g/mol. The average Bonchev–Trinajstić information content (AvgIpc) is 2.60. The van der Waals surface area contributed by atoms with E-state index in [-0.39, 0.29) is 11.1 Å². The van der Waals surface area contributed by atoms with Crippen LogP contribution in [-0.4, -0.2) is 17.6 Å². The van der Waals surface area contributed by atoms with Crippen LogP contribution in [-0.2, 0) is 11.3 Å². The molecule has 0 unspecified atom stereocenters. The lowest BCUT2D eigenvalue weighted by Gasteiger charge is -1.94. The van der Waals surface area contributed by atoms with Crippen molar-refractivity contribution in [3.63, 3.8) is 0 Å². The van der Waals surface area contributed by atoms with Crippen molar-refractivity contribution in [2.24, 2.45) is 0 Å². The summed E-state index contributed by atoms with van der Waals surface area (Å²) < 4.78 is 6.10. The molecule has 0 fully saturated rings. The standard InChI is InChI=1S/C10H8N2O2/c1-3-4-12-6-8(5-11)9(7-12)10(13)14-2/h1,6-7H,4H2,2H3. The highest BCUT2D eigenvalue weighted by molar-refractivity contribution is 5.91. The second kappa shape index (κ2) is 4.15. The number of carbonyl (C=O) groups excluding carboxylic acids is 1. The van der Waals surface area contributed by atoms with E-state index in [1.165, 1.54) is 19.5 Å². The molecular weight excluding hydrogens is 180 g/mol. The highest BCUT2D eigenvalue weighted by atomic mass is 16.5. The Hall–Kier alpha value is -2.20. The molecule has 0 aliphatic heterocycles. The topological polar surface area (TPSA) is 55.0 Å². The molecule has 70 valence electrons. The zero-order valence-electron chi connectivity index (χ0n) is 7.65. The molecular formula is C10H8N2O2. The normalized spacial score (nSPS) is 8.79. The Labute approximate surface area is 81.7 Å². The second-order valence-corrected chi connectivity index (χ2v) is 2.57. The summed E-state index contributed by atoms with van der Waals surface area (Å²) in [7, 11) is 1.27. The van der Waals surface area contributed by atoms with E-state index in [9.17, 15) is 4.79 Å². The molecule has 0 amide bonds. The SMILES string of the molecule is C#CCn1cc(C#N)c(C(=O)OC)c1. The minimum atomic E-state index is -0.530. The second-order valence-electron chi connectivity index (χ2n) is 2.57. The number of nitriles is 1. The summed E-state index contributed by atoms with van der Waals surface area (Å²) in [6, 6.07) is 1.90. The minimum absolute atomic E-state index is 0.241. The van der Waals surface area contributed by atoms with Gasteiger partial charge in [0, 0.05) is 12.4 Å². The highest BCUT2D eigenvalue weighted by Crippen LogP contribution is 2.10. The molecule has 4 nitrogen and oxygen atoms in total. The van der Waals surface area contributed by atoms with Gasteiger partial charge in [0.1, 0.15) is 6.07 Å². The van der Waals surface area contributed by atoms with Crippen molar-refractivity contribution < 1.29 is 9.53 Å². The fourth-order valence-electron chi connectivity index (χ4n) is 1.07. The third-order valence-corrected chi connectivity index (χ3v) is 1.68. The van der Waals surface area contributed by atoms with Crippen LogP contribution in [0.3, 0.4) is 0 Å². The molecule has 0 bridgehead atoms. The molecule has 1 aromatic heterocycles. The van der Waals surface area contributed by atoms with Gasteiger partial charge < -0.3 is 9.30 Å². The van der Waals surface area contributed by atoms with Gasteiger partial charge in [0.05, 0.1) is 24.8 Å². The molecule has 1 aromatic rings. The highest BCUT2D eigenvalue weighted by Gasteiger charge is 2.14. The molecule has 0 spiro atoms. The lowest BCUT2D eigenvalue weighted by molar-refractivity contribution is 0.0600. The molecule has 4 heteroatoms. The summed E-state index contributed by atoms with van der Waals surface area (Å²) in [6.45, 7) is 0.325. The molecule has 0 saturated carbocycles. The number of carbonyl (C=O) groups is 1. The number of methoxy groups -OCH3 is 1. The van der Waals surface area contributed by atoms with Crippen molar-refractivity contribution in [3.8, 4) is 18.4 Å². The maximum Gasteiger partial charge on any atom is 0.340 e. The smallest absolute Gasteiger partial charge is 0.340 e. The Kier molecular flexibility index (Phi) is 2.93. The number of rotatable bonds is 2. The number of ether oxygens (including phenoxy) is 1. The van der Waals surface area contributed by atoms with Gasteiger partial charge in [-0.25, -0.2) is 4.79 Å². The van der Waals surface area contributed by atoms with Gasteiger partial charge in [0.2, 0.25) is 0 Å². The number of hydrogen-bond acceptors (Lipinski definition) is 3. The molecule has 1 heterocycles. The quantitative estimate of drug-likeness (QED) is 0.509. The van der Waals surface area contributed by atoms with E-state index in [1.807, 2.05) is 6.07 Å². The van der Waals surface area contributed by atoms with E-state index in [4.69, 9.17) is 11.7 Å². The van der Waals surface area contributed by atoms with E-state index in [0.717, 1.165) is 0 Å². The minimum Gasteiger partial charge on any atom is -0.465 e. The Balaban J connectivity index is 3.11. The number of hydrogen-bond donors (Lipinski definition) is 0. The van der Waals surface area contributed by atoms with E-state index in [0.29, 0.717) is 6.54 Å². The predicted octanol–water partition coefficient (Wildman–Crippen LogP) is 0.780. The summed E-state index contributed by atoms with van der Waals surface area (Å²) in [4.78, 5) is 11.2. The summed E-state index contributed by atoms with van der Waals surface area (Å²) in [5.74, 6) is 1.88. The lowest BCUT2D eigenvalue weighted by Crippen LogP contribution is -2.01. The van der Waals surface area contributed by atoms with Crippen molar-refractivity contribution in [1.29, 1.82) is 5.26 Å². The van der Waals surface area contributed by atoms with Gasteiger partial charge in [-0.1, -0.05) is 5.92 Å². The first-order chi connectivity index (χ1) is 6.72. The summed E-state index contributed by atoms with van der Waals surface area (Å²) in [6.07, 6.45) is 8.12. The summed E-state index contributed by atoms with van der Waals surface area (Å²) >= 11 is 0. The molecule has 14 heavy (non-hydrogen) atoms. The molecule has 0 radical (unpaired) electrons. The van der Waals surface area contributed by atoms with Crippen molar-refractivity contribution in [3.05, 3.63) is 23.5 Å². The van der Waals surface area contributed by atoms with Crippen molar-refractivity contribution in [2.75, 3.05) is 7.11 Å². The van der Waals surface area contributed by atoms with Crippen LogP contribution < -0.4 is 0 Å². The van der Waals surface area contributed by atoms with E-state index < -0.39 is 5.97 Å². The maximum absolute atomic E-state index is 11.2. The molecule has 1 rings (SSSR count). The first-order valence-corrected chi connectivity index (χ1v) is 3.84. The van der Waals surface area contributed by atoms with Crippen LogP contribution in [0, 0.1) is 23.7 Å². The fourth-order valence-corrected chi connectivity index (χ4v) is 1.07. The predicted molar refractivity (Wildman–Crippen MR) is 49.3 cm³/mol. The third-order valence-electron chi connectivity index (χ3n) is 1.68. The summed E-state index contributed by atoms with van der Waals surface area (Å²) in [5, 5.41) is 8.72. The molecule has 0 atom stereocenters. The van der Waals surface area contributed by atoms with E-state index in [1.54, 1.807) is 4.57 Å². The van der Waals surface area contributed by atoms with Crippen LogP contribution in [0.5, 0.6) is 0 Å². The van der Waals surface area contributed by atoms with Crippen LogP contribution >= 0.6 is 0 Å². The first-order valence-electron chi connectivity index (χ1n) is 3.84. The van der Waals surface area contributed by atoms with Crippen LogP contribution in [0.4, 0.5) is 0 Å². The van der Waals surface area contributed by atoms with Crippen LogP contribution in [0.2, 0.25) is 0 Å². The van der Waals surface area contributed by atoms with Crippen LogP contribution in [0.25, 0.3) is 0 Å². The maximum atomic E-state index is 11.2. The zero-order chi connectivity index (χ0) is 10.6. The lowest BCUT2D eigenvalue weighted by atomic mass is 10.2. The van der Waals surface area contributed by atoms with Gasteiger partial charge in [-0.05, 0) is 0 Å². The van der Waals surface area contributed by atoms with Gasteiger partial charge in [-0.2, -0.15) is 5.26 Å². The van der Waals surface area contributed by atoms with Gasteiger partial charge in [0.15, 0.2) is 0 Å².